The maximum absolute atomic E-state index is 12.3. The molecule has 0 amide bonds. The molecule has 1 aromatic rings. The van der Waals surface area contributed by atoms with E-state index in [4.69, 9.17) is 0 Å². The average molecular weight is 354 g/mol. The average Bonchev–Trinajstić information content (AvgIpc) is 2.27. The summed E-state index contributed by atoms with van der Waals surface area (Å²) in [6.45, 7) is 1.75. The second kappa shape index (κ2) is 6.27. The number of nitrogens with zero attached hydrogens (tertiary/aromatic N) is 1. The molecule has 7 heteroatoms. The van der Waals surface area contributed by atoms with E-state index in [-0.39, 0.29) is 10.9 Å². The molecule has 1 aromatic carbocycles. The van der Waals surface area contributed by atoms with Gasteiger partial charge in [0, 0.05) is 40.4 Å². The summed E-state index contributed by atoms with van der Waals surface area (Å²) in [5.74, 6) is 0.323. The first-order valence-corrected chi connectivity index (χ1v) is 9.25. The molecule has 0 aliphatic carbocycles. The Morgan fingerprint density at radius 2 is 2.06 bits per heavy atom. The van der Waals surface area contributed by atoms with Gasteiger partial charge in [-0.2, -0.15) is 4.31 Å². The van der Waals surface area contributed by atoms with Crippen molar-refractivity contribution in [1.82, 2.24) is 4.31 Å². The van der Waals surface area contributed by atoms with Gasteiger partial charge in [0.05, 0.1) is 4.90 Å². The first-order valence-electron chi connectivity index (χ1n) is 5.28. The first kappa shape index (κ1) is 15.8. The van der Waals surface area contributed by atoms with Gasteiger partial charge in [0.25, 0.3) is 0 Å². The van der Waals surface area contributed by atoms with Gasteiger partial charge in [-0.1, -0.05) is 22.0 Å². The Labute approximate surface area is 119 Å². The molecular formula is C11H16BrNO3S2. The summed E-state index contributed by atoms with van der Waals surface area (Å²) in [6.07, 6.45) is 1.57. The van der Waals surface area contributed by atoms with Crippen LogP contribution in [0.15, 0.2) is 33.6 Å². The molecule has 4 nitrogen and oxygen atoms in total. The molecule has 0 saturated carbocycles. The van der Waals surface area contributed by atoms with Crippen molar-refractivity contribution in [3.05, 3.63) is 28.7 Å². The third-order valence-corrected chi connectivity index (χ3v) is 5.98. The second-order valence-corrected chi connectivity index (χ2v) is 8.46. The molecule has 0 bridgehead atoms. The second-order valence-electron chi connectivity index (χ2n) is 4.07. The first-order chi connectivity index (χ1) is 8.25. The Kier molecular flexibility index (Phi) is 5.51. The lowest BCUT2D eigenvalue weighted by atomic mass is 10.4. The topological polar surface area (TPSA) is 54.5 Å². The Morgan fingerprint density at radius 1 is 1.44 bits per heavy atom. The number of hydrogen-bond acceptors (Lipinski definition) is 3. The van der Waals surface area contributed by atoms with Crippen LogP contribution in [0.3, 0.4) is 0 Å². The van der Waals surface area contributed by atoms with Gasteiger partial charge in [-0.3, -0.25) is 4.21 Å². The van der Waals surface area contributed by atoms with E-state index in [0.29, 0.717) is 10.2 Å². The summed E-state index contributed by atoms with van der Waals surface area (Å²) in [5, 5.41) is 0. The molecule has 0 heterocycles. The van der Waals surface area contributed by atoms with Gasteiger partial charge in [-0.15, -0.1) is 0 Å². The number of sulfonamides is 1. The minimum Gasteiger partial charge on any atom is -0.260 e. The quantitative estimate of drug-likeness (QED) is 0.811. The molecule has 0 aromatic heterocycles. The van der Waals surface area contributed by atoms with E-state index >= 15 is 0 Å². The lowest BCUT2D eigenvalue weighted by Crippen LogP contribution is -2.38. The van der Waals surface area contributed by atoms with E-state index in [1.54, 1.807) is 37.4 Å². The molecule has 102 valence electrons. The molecule has 2 atom stereocenters. The molecule has 0 saturated heterocycles. The molecule has 0 aliphatic rings. The lowest BCUT2D eigenvalue weighted by molar-refractivity contribution is 0.413. The summed E-state index contributed by atoms with van der Waals surface area (Å²) in [6, 6.07) is 6.24. The highest BCUT2D eigenvalue weighted by Crippen LogP contribution is 2.20. The smallest absolute Gasteiger partial charge is 0.243 e. The molecule has 0 aliphatic heterocycles. The molecule has 1 rings (SSSR count). The zero-order chi connectivity index (χ0) is 13.9. The maximum Gasteiger partial charge on any atom is 0.243 e. The van der Waals surface area contributed by atoms with Crippen molar-refractivity contribution in [3.63, 3.8) is 0 Å². The molecular weight excluding hydrogens is 338 g/mol. The Hall–Kier alpha value is -0.240. The zero-order valence-electron chi connectivity index (χ0n) is 10.5. The summed E-state index contributed by atoms with van der Waals surface area (Å²) in [4.78, 5) is 0.230. The normalized spacial score (nSPS) is 15.6. The van der Waals surface area contributed by atoms with Crippen LogP contribution in [-0.2, 0) is 20.8 Å². The fourth-order valence-electron chi connectivity index (χ4n) is 1.48. The van der Waals surface area contributed by atoms with Crippen molar-refractivity contribution in [1.29, 1.82) is 0 Å². The van der Waals surface area contributed by atoms with Crippen molar-refractivity contribution >= 4 is 36.8 Å². The third kappa shape index (κ3) is 3.88. The van der Waals surface area contributed by atoms with Crippen LogP contribution in [0.5, 0.6) is 0 Å². The van der Waals surface area contributed by atoms with Crippen LogP contribution in [0, 0.1) is 0 Å². The fraction of sp³-hybridized carbons (Fsp3) is 0.455. The van der Waals surface area contributed by atoms with E-state index in [2.05, 4.69) is 15.9 Å². The van der Waals surface area contributed by atoms with Crippen molar-refractivity contribution in [2.24, 2.45) is 0 Å². The number of benzene rings is 1. The standard InChI is InChI=1S/C11H16BrNO3S2/c1-9(8-17(3)14)13(2)18(15,16)11-6-4-5-10(12)7-11/h4-7,9H,8H2,1-3H3/t9-,17+/m1/s1. The summed E-state index contributed by atoms with van der Waals surface area (Å²) in [7, 11) is -3.06. The minimum absolute atomic E-state index is 0.230. The van der Waals surface area contributed by atoms with Crippen LogP contribution in [-0.4, -0.2) is 42.0 Å². The van der Waals surface area contributed by atoms with E-state index in [1.807, 2.05) is 0 Å². The molecule has 0 radical (unpaired) electrons. The van der Waals surface area contributed by atoms with E-state index in [0.717, 1.165) is 0 Å². The number of rotatable bonds is 5. The van der Waals surface area contributed by atoms with Crippen molar-refractivity contribution in [2.45, 2.75) is 17.9 Å². The molecule has 0 N–H and O–H groups in total. The van der Waals surface area contributed by atoms with Crippen LogP contribution in [0.2, 0.25) is 0 Å². The Bertz CT molecular complexity index is 545. The lowest BCUT2D eigenvalue weighted by Gasteiger charge is -2.23. The Balaban J connectivity index is 3.03. The highest BCUT2D eigenvalue weighted by molar-refractivity contribution is 9.10. The van der Waals surface area contributed by atoms with Crippen molar-refractivity contribution in [3.8, 4) is 0 Å². The summed E-state index contributed by atoms with van der Waals surface area (Å²) in [5.41, 5.74) is 0. The van der Waals surface area contributed by atoms with Gasteiger partial charge in [-0.25, -0.2) is 8.42 Å². The van der Waals surface area contributed by atoms with Gasteiger partial charge in [0.1, 0.15) is 0 Å². The molecule has 18 heavy (non-hydrogen) atoms. The van der Waals surface area contributed by atoms with Gasteiger partial charge in [0.15, 0.2) is 0 Å². The number of hydrogen-bond donors (Lipinski definition) is 0. The molecule has 0 spiro atoms. The van der Waals surface area contributed by atoms with Crippen LogP contribution in [0.4, 0.5) is 0 Å². The maximum atomic E-state index is 12.3. The summed E-state index contributed by atoms with van der Waals surface area (Å²) >= 11 is 3.25. The zero-order valence-corrected chi connectivity index (χ0v) is 13.7. The van der Waals surface area contributed by atoms with Crippen LogP contribution < -0.4 is 0 Å². The Morgan fingerprint density at radius 3 is 2.56 bits per heavy atom. The van der Waals surface area contributed by atoms with Gasteiger partial charge in [-0.05, 0) is 25.1 Å². The summed E-state index contributed by atoms with van der Waals surface area (Å²) < 4.78 is 37.8. The van der Waals surface area contributed by atoms with Crippen LogP contribution >= 0.6 is 15.9 Å². The van der Waals surface area contributed by atoms with Gasteiger partial charge >= 0.3 is 0 Å². The fourth-order valence-corrected chi connectivity index (χ4v) is 4.43. The van der Waals surface area contributed by atoms with Gasteiger partial charge < -0.3 is 0 Å². The highest BCUT2D eigenvalue weighted by atomic mass is 79.9. The van der Waals surface area contributed by atoms with E-state index < -0.39 is 20.8 Å². The minimum atomic E-state index is -3.54. The molecule has 0 unspecified atom stereocenters. The highest BCUT2D eigenvalue weighted by Gasteiger charge is 2.25. The van der Waals surface area contributed by atoms with Crippen LogP contribution in [0.25, 0.3) is 0 Å². The van der Waals surface area contributed by atoms with Crippen LogP contribution in [0.1, 0.15) is 6.92 Å². The van der Waals surface area contributed by atoms with Crippen molar-refractivity contribution < 1.29 is 12.6 Å². The van der Waals surface area contributed by atoms with Gasteiger partial charge in [0.2, 0.25) is 10.0 Å². The van der Waals surface area contributed by atoms with E-state index in [1.165, 1.54) is 11.4 Å². The van der Waals surface area contributed by atoms with E-state index in [9.17, 15) is 12.6 Å². The number of halogens is 1. The molecule has 0 fully saturated rings. The SMILES string of the molecule is C[C@H](C[S@](C)=O)N(C)S(=O)(=O)c1cccc(Br)c1. The van der Waals surface area contributed by atoms with Crippen molar-refractivity contribution in [2.75, 3.05) is 19.1 Å². The predicted molar refractivity (Wildman–Crippen MR) is 77.5 cm³/mol. The third-order valence-electron chi connectivity index (χ3n) is 2.57. The monoisotopic (exact) mass is 353 g/mol. The predicted octanol–water partition coefficient (Wildman–Crippen LogP) is 1.84. The largest absolute Gasteiger partial charge is 0.260 e.